The monoisotopic (exact) mass is 244 g/mol. The van der Waals surface area contributed by atoms with Crippen molar-refractivity contribution in [1.29, 1.82) is 5.26 Å². The zero-order chi connectivity index (χ0) is 11.6. The Kier molecular flexibility index (Phi) is 3.19. The van der Waals surface area contributed by atoms with E-state index in [0.29, 0.717) is 26.1 Å². The van der Waals surface area contributed by atoms with Gasteiger partial charge in [0.15, 0.2) is 9.84 Å². The molecule has 6 heteroatoms. The maximum atomic E-state index is 11.4. The Morgan fingerprint density at radius 1 is 1.19 bits per heavy atom. The van der Waals surface area contributed by atoms with Crippen molar-refractivity contribution >= 4 is 9.84 Å². The zero-order valence-corrected chi connectivity index (χ0v) is 10.0. The summed E-state index contributed by atoms with van der Waals surface area (Å²) < 4.78 is 28.0. The second-order valence-corrected chi connectivity index (χ2v) is 6.70. The molecule has 5 nitrogen and oxygen atoms in total. The van der Waals surface area contributed by atoms with Crippen LogP contribution in [0.15, 0.2) is 0 Å². The molecule has 2 heterocycles. The molecule has 2 aliphatic rings. The summed E-state index contributed by atoms with van der Waals surface area (Å²) in [5.74, 6) is 0.274. The highest BCUT2D eigenvalue weighted by atomic mass is 32.2. The van der Waals surface area contributed by atoms with E-state index in [9.17, 15) is 13.7 Å². The lowest BCUT2D eigenvalue weighted by molar-refractivity contribution is -0.00645. The van der Waals surface area contributed by atoms with Gasteiger partial charge < -0.3 is 4.74 Å². The normalized spacial score (nSPS) is 29.4. The predicted octanol–water partition coefficient (Wildman–Crippen LogP) is -0.210. The summed E-state index contributed by atoms with van der Waals surface area (Å²) in [4.78, 5) is 2.09. The van der Waals surface area contributed by atoms with E-state index >= 15 is 0 Å². The van der Waals surface area contributed by atoms with E-state index in [-0.39, 0.29) is 11.5 Å². The Labute approximate surface area is 95.9 Å². The first kappa shape index (κ1) is 11.8. The topological polar surface area (TPSA) is 70.4 Å². The van der Waals surface area contributed by atoms with Crippen LogP contribution >= 0.6 is 0 Å². The van der Waals surface area contributed by atoms with Crippen molar-refractivity contribution in [3.05, 3.63) is 0 Å². The van der Waals surface area contributed by atoms with Gasteiger partial charge in [-0.3, -0.25) is 4.90 Å². The van der Waals surface area contributed by atoms with E-state index in [1.54, 1.807) is 0 Å². The minimum atomic E-state index is -2.91. The maximum Gasteiger partial charge on any atom is 0.150 e. The first-order chi connectivity index (χ1) is 7.58. The molecule has 0 spiro atoms. The number of ether oxygens (including phenoxy) is 1. The zero-order valence-electron chi connectivity index (χ0n) is 9.18. The molecule has 2 aliphatic heterocycles. The third kappa shape index (κ3) is 2.21. The smallest absolute Gasteiger partial charge is 0.150 e. The summed E-state index contributed by atoms with van der Waals surface area (Å²) in [6, 6.07) is 2.33. The fourth-order valence-corrected chi connectivity index (χ4v) is 3.87. The number of rotatable bonds is 1. The molecule has 0 bridgehead atoms. The Balaban J connectivity index is 2.12. The van der Waals surface area contributed by atoms with Crippen molar-refractivity contribution in [3.8, 4) is 6.07 Å². The van der Waals surface area contributed by atoms with Crippen molar-refractivity contribution in [3.63, 3.8) is 0 Å². The lowest BCUT2D eigenvalue weighted by Crippen LogP contribution is -2.56. The van der Waals surface area contributed by atoms with E-state index in [2.05, 4.69) is 11.0 Å². The predicted molar refractivity (Wildman–Crippen MR) is 58.6 cm³/mol. The highest BCUT2D eigenvalue weighted by Gasteiger charge is 2.42. The number of morpholine rings is 1. The molecule has 0 aromatic carbocycles. The lowest BCUT2D eigenvalue weighted by Gasteiger charge is -2.42. The number of hydrogen-bond donors (Lipinski definition) is 0. The molecule has 16 heavy (non-hydrogen) atoms. The molecule has 0 unspecified atom stereocenters. The average Bonchev–Trinajstić information content (AvgIpc) is 2.31. The van der Waals surface area contributed by atoms with Crippen molar-refractivity contribution in [2.75, 3.05) is 37.8 Å². The fraction of sp³-hybridized carbons (Fsp3) is 0.900. The molecule has 2 saturated heterocycles. The third-order valence-corrected chi connectivity index (χ3v) is 5.13. The average molecular weight is 244 g/mol. The minimum absolute atomic E-state index is 0.137. The van der Waals surface area contributed by atoms with Gasteiger partial charge in [-0.25, -0.2) is 8.42 Å². The highest BCUT2D eigenvalue weighted by molar-refractivity contribution is 7.91. The molecule has 0 aliphatic carbocycles. The molecule has 0 aromatic heterocycles. The van der Waals surface area contributed by atoms with Gasteiger partial charge >= 0.3 is 0 Å². The molecular formula is C10H16N2O3S. The summed E-state index contributed by atoms with van der Waals surface area (Å²) in [7, 11) is -2.91. The third-order valence-electron chi connectivity index (χ3n) is 3.48. The number of hydrogen-bond acceptors (Lipinski definition) is 5. The summed E-state index contributed by atoms with van der Waals surface area (Å²) in [5, 5.41) is 9.34. The van der Waals surface area contributed by atoms with E-state index < -0.39 is 15.4 Å². The van der Waals surface area contributed by atoms with Crippen molar-refractivity contribution < 1.29 is 13.2 Å². The van der Waals surface area contributed by atoms with E-state index in [1.165, 1.54) is 0 Å². The Morgan fingerprint density at radius 2 is 1.75 bits per heavy atom. The van der Waals surface area contributed by atoms with Crippen LogP contribution in [0.4, 0.5) is 0 Å². The number of nitrogens with zero attached hydrogens (tertiary/aromatic N) is 2. The number of sulfone groups is 1. The maximum absolute atomic E-state index is 11.4. The van der Waals surface area contributed by atoms with Crippen LogP contribution in [0, 0.1) is 11.3 Å². The van der Waals surface area contributed by atoms with Gasteiger partial charge in [0.05, 0.1) is 30.8 Å². The van der Waals surface area contributed by atoms with Crippen molar-refractivity contribution in [2.24, 2.45) is 0 Å². The molecule has 0 amide bonds. The Bertz CT molecular complexity index is 379. The van der Waals surface area contributed by atoms with Gasteiger partial charge in [-0.1, -0.05) is 0 Å². The van der Waals surface area contributed by atoms with E-state index in [1.807, 2.05) is 0 Å². The molecule has 2 rings (SSSR count). The van der Waals surface area contributed by atoms with Crippen LogP contribution in [0.5, 0.6) is 0 Å². The first-order valence-corrected chi connectivity index (χ1v) is 7.35. The SMILES string of the molecule is N#CC1(N2CCOCC2)CCS(=O)(=O)CC1. The van der Waals surface area contributed by atoms with Gasteiger partial charge in [-0.2, -0.15) is 5.26 Å². The standard InChI is InChI=1S/C10H16N2O3S/c11-9-10(12-3-5-15-6-4-12)1-7-16(13,14)8-2-10/h1-8H2. The van der Waals surface area contributed by atoms with Gasteiger partial charge in [-0.05, 0) is 12.8 Å². The second-order valence-electron chi connectivity index (χ2n) is 4.39. The number of nitriles is 1. The minimum Gasteiger partial charge on any atom is -0.379 e. The second kappa shape index (κ2) is 4.32. The summed E-state index contributed by atoms with van der Waals surface area (Å²) in [6.45, 7) is 2.73. The van der Waals surface area contributed by atoms with E-state index in [4.69, 9.17) is 4.74 Å². The van der Waals surface area contributed by atoms with Crippen molar-refractivity contribution in [2.45, 2.75) is 18.4 Å². The Morgan fingerprint density at radius 3 is 2.25 bits per heavy atom. The van der Waals surface area contributed by atoms with Crippen molar-refractivity contribution in [1.82, 2.24) is 4.90 Å². The first-order valence-electron chi connectivity index (χ1n) is 5.52. The summed E-state index contributed by atoms with van der Waals surface area (Å²) in [6.07, 6.45) is 0.873. The van der Waals surface area contributed by atoms with Gasteiger partial charge in [0.2, 0.25) is 0 Å². The molecule has 0 atom stereocenters. The lowest BCUT2D eigenvalue weighted by atomic mass is 9.91. The van der Waals surface area contributed by atoms with Gasteiger partial charge in [-0.15, -0.1) is 0 Å². The van der Waals surface area contributed by atoms with Crippen LogP contribution in [0.1, 0.15) is 12.8 Å². The quantitative estimate of drug-likeness (QED) is 0.638. The van der Waals surface area contributed by atoms with Crippen LogP contribution in [0.2, 0.25) is 0 Å². The molecule has 0 N–H and O–H groups in total. The largest absolute Gasteiger partial charge is 0.379 e. The van der Waals surface area contributed by atoms with Crippen LogP contribution in [-0.2, 0) is 14.6 Å². The van der Waals surface area contributed by atoms with Crippen LogP contribution in [-0.4, -0.2) is 56.7 Å². The highest BCUT2D eigenvalue weighted by Crippen LogP contribution is 2.30. The van der Waals surface area contributed by atoms with Crippen LogP contribution < -0.4 is 0 Å². The summed E-state index contributed by atoms with van der Waals surface area (Å²) >= 11 is 0. The molecular weight excluding hydrogens is 228 g/mol. The molecule has 2 fully saturated rings. The van der Waals surface area contributed by atoms with Crippen LogP contribution in [0.3, 0.4) is 0 Å². The molecule has 90 valence electrons. The van der Waals surface area contributed by atoms with Gasteiger partial charge in [0.1, 0.15) is 5.54 Å². The summed E-state index contributed by atoms with van der Waals surface area (Å²) in [5.41, 5.74) is -0.574. The van der Waals surface area contributed by atoms with Crippen LogP contribution in [0.25, 0.3) is 0 Å². The molecule has 0 radical (unpaired) electrons. The molecule has 0 aromatic rings. The fourth-order valence-electron chi connectivity index (χ4n) is 2.37. The van der Waals surface area contributed by atoms with Gasteiger partial charge in [0, 0.05) is 13.1 Å². The molecule has 0 saturated carbocycles. The Hall–Kier alpha value is -0.640. The van der Waals surface area contributed by atoms with E-state index in [0.717, 1.165) is 13.1 Å². The van der Waals surface area contributed by atoms with Gasteiger partial charge in [0.25, 0.3) is 0 Å².